The van der Waals surface area contributed by atoms with Gasteiger partial charge in [-0.1, -0.05) is 53.5 Å². The summed E-state index contributed by atoms with van der Waals surface area (Å²) in [5.74, 6) is 0.0386. The van der Waals surface area contributed by atoms with Crippen LogP contribution in [0.2, 0.25) is 10.0 Å². The molecular formula is C20H20Cl2N4O. The zero-order valence-corrected chi connectivity index (χ0v) is 16.2. The van der Waals surface area contributed by atoms with Crippen molar-refractivity contribution in [2.45, 2.75) is 32.4 Å². The Hall–Kier alpha value is -2.37. The van der Waals surface area contributed by atoms with Gasteiger partial charge in [-0.25, -0.2) is 9.67 Å². The molecule has 7 heteroatoms. The first kappa shape index (κ1) is 19.4. The lowest BCUT2D eigenvalue weighted by Crippen LogP contribution is -2.22. The molecule has 0 saturated carbocycles. The first-order valence-corrected chi connectivity index (χ1v) is 9.46. The zero-order chi connectivity index (χ0) is 19.1. The third kappa shape index (κ3) is 6.08. The Labute approximate surface area is 168 Å². The van der Waals surface area contributed by atoms with Crippen LogP contribution in [0.3, 0.4) is 0 Å². The smallest absolute Gasteiger partial charge is 0.220 e. The standard InChI is InChI=1S/C20H20Cl2N4O/c21-18-8-7-15(10-19(18)22)3-2-6-20(27)24-11-16-4-1-5-17(9-16)12-26-14-23-13-25-26/h1,4-5,7-10,13-14H,2-3,6,11-12H2,(H,24,27). The molecule has 0 bridgehead atoms. The van der Waals surface area contributed by atoms with Gasteiger partial charge in [0.05, 0.1) is 16.6 Å². The van der Waals surface area contributed by atoms with Gasteiger partial charge in [0.1, 0.15) is 12.7 Å². The molecule has 2 aromatic carbocycles. The van der Waals surface area contributed by atoms with Crippen molar-refractivity contribution in [1.82, 2.24) is 20.1 Å². The lowest BCUT2D eigenvalue weighted by atomic mass is 10.1. The average Bonchev–Trinajstić information content (AvgIpc) is 3.16. The summed E-state index contributed by atoms with van der Waals surface area (Å²) in [5, 5.41) is 8.17. The van der Waals surface area contributed by atoms with E-state index in [-0.39, 0.29) is 5.91 Å². The molecule has 27 heavy (non-hydrogen) atoms. The van der Waals surface area contributed by atoms with Crippen molar-refractivity contribution in [2.75, 3.05) is 0 Å². The van der Waals surface area contributed by atoms with Gasteiger partial charge in [-0.3, -0.25) is 4.79 Å². The average molecular weight is 403 g/mol. The van der Waals surface area contributed by atoms with Crippen molar-refractivity contribution < 1.29 is 4.79 Å². The van der Waals surface area contributed by atoms with E-state index >= 15 is 0 Å². The van der Waals surface area contributed by atoms with Gasteiger partial charge in [-0.2, -0.15) is 5.10 Å². The minimum absolute atomic E-state index is 0.0386. The maximum absolute atomic E-state index is 12.1. The Kier molecular flexibility index (Phi) is 6.85. The van der Waals surface area contributed by atoms with Crippen molar-refractivity contribution in [3.8, 4) is 0 Å². The number of hydrogen-bond donors (Lipinski definition) is 1. The maximum atomic E-state index is 12.1. The number of hydrogen-bond acceptors (Lipinski definition) is 3. The predicted molar refractivity (Wildman–Crippen MR) is 107 cm³/mol. The fourth-order valence-electron chi connectivity index (χ4n) is 2.78. The second-order valence-corrected chi connectivity index (χ2v) is 7.11. The summed E-state index contributed by atoms with van der Waals surface area (Å²) in [4.78, 5) is 16.0. The van der Waals surface area contributed by atoms with Crippen LogP contribution in [-0.2, 0) is 24.3 Å². The minimum atomic E-state index is 0.0386. The molecule has 0 radical (unpaired) electrons. The molecule has 0 unspecified atom stereocenters. The van der Waals surface area contributed by atoms with E-state index < -0.39 is 0 Å². The highest BCUT2D eigenvalue weighted by atomic mass is 35.5. The molecule has 0 atom stereocenters. The van der Waals surface area contributed by atoms with E-state index in [9.17, 15) is 4.79 Å². The SMILES string of the molecule is O=C(CCCc1ccc(Cl)c(Cl)c1)NCc1cccc(Cn2cncn2)c1. The van der Waals surface area contributed by atoms with Gasteiger partial charge in [0, 0.05) is 13.0 Å². The number of rotatable bonds is 8. The lowest BCUT2D eigenvalue weighted by Gasteiger charge is -2.08. The minimum Gasteiger partial charge on any atom is -0.352 e. The quantitative estimate of drug-likeness (QED) is 0.611. The molecule has 1 amide bonds. The number of nitrogens with one attached hydrogen (secondary N) is 1. The fourth-order valence-corrected chi connectivity index (χ4v) is 3.10. The maximum Gasteiger partial charge on any atom is 0.220 e. The zero-order valence-electron chi connectivity index (χ0n) is 14.7. The molecule has 0 aliphatic heterocycles. The predicted octanol–water partition coefficient (Wildman–Crippen LogP) is 4.27. The second-order valence-electron chi connectivity index (χ2n) is 6.29. The van der Waals surface area contributed by atoms with E-state index in [1.165, 1.54) is 6.33 Å². The van der Waals surface area contributed by atoms with Crippen LogP contribution < -0.4 is 5.32 Å². The molecular weight excluding hydrogens is 383 g/mol. The first-order chi connectivity index (χ1) is 13.1. The normalized spacial score (nSPS) is 10.7. The molecule has 0 spiro atoms. The molecule has 0 aliphatic carbocycles. The molecule has 1 aromatic heterocycles. The second kappa shape index (κ2) is 9.53. The summed E-state index contributed by atoms with van der Waals surface area (Å²) in [6.07, 6.45) is 5.22. The van der Waals surface area contributed by atoms with Crippen LogP contribution in [0.15, 0.2) is 55.1 Å². The summed E-state index contributed by atoms with van der Waals surface area (Å²) >= 11 is 11.9. The van der Waals surface area contributed by atoms with Crippen LogP contribution in [0.1, 0.15) is 29.5 Å². The highest BCUT2D eigenvalue weighted by molar-refractivity contribution is 6.42. The highest BCUT2D eigenvalue weighted by Crippen LogP contribution is 2.23. The van der Waals surface area contributed by atoms with Gasteiger partial charge in [0.15, 0.2) is 0 Å². The van der Waals surface area contributed by atoms with E-state index in [2.05, 4.69) is 21.5 Å². The molecule has 0 saturated heterocycles. The number of carbonyl (C=O) groups excluding carboxylic acids is 1. The molecule has 1 heterocycles. The Morgan fingerprint density at radius 3 is 2.67 bits per heavy atom. The molecule has 140 valence electrons. The lowest BCUT2D eigenvalue weighted by molar-refractivity contribution is -0.121. The summed E-state index contributed by atoms with van der Waals surface area (Å²) in [7, 11) is 0. The first-order valence-electron chi connectivity index (χ1n) is 8.71. The van der Waals surface area contributed by atoms with Gasteiger partial charge in [0.25, 0.3) is 0 Å². The number of aromatic nitrogens is 3. The van der Waals surface area contributed by atoms with Gasteiger partial charge in [-0.15, -0.1) is 0 Å². The summed E-state index contributed by atoms with van der Waals surface area (Å²) < 4.78 is 1.76. The number of amides is 1. The van der Waals surface area contributed by atoms with Crippen molar-refractivity contribution in [1.29, 1.82) is 0 Å². The van der Waals surface area contributed by atoms with E-state index in [4.69, 9.17) is 23.2 Å². The number of halogens is 2. The Morgan fingerprint density at radius 1 is 1.04 bits per heavy atom. The van der Waals surface area contributed by atoms with Crippen molar-refractivity contribution in [3.05, 3.63) is 81.9 Å². The van der Waals surface area contributed by atoms with Gasteiger partial charge in [0.2, 0.25) is 5.91 Å². The van der Waals surface area contributed by atoms with Crippen LogP contribution in [0.25, 0.3) is 0 Å². The van der Waals surface area contributed by atoms with Gasteiger partial charge in [-0.05, 0) is 41.7 Å². The number of benzene rings is 2. The largest absolute Gasteiger partial charge is 0.352 e. The topological polar surface area (TPSA) is 59.8 Å². The molecule has 3 aromatic rings. The van der Waals surface area contributed by atoms with E-state index in [0.29, 0.717) is 29.6 Å². The molecule has 5 nitrogen and oxygen atoms in total. The van der Waals surface area contributed by atoms with Crippen LogP contribution in [0.5, 0.6) is 0 Å². The number of nitrogens with zero attached hydrogens (tertiary/aromatic N) is 3. The van der Waals surface area contributed by atoms with Crippen LogP contribution in [0.4, 0.5) is 0 Å². The monoisotopic (exact) mass is 402 g/mol. The Balaban J connectivity index is 1.43. The summed E-state index contributed by atoms with van der Waals surface area (Å²) in [5.41, 5.74) is 3.26. The third-order valence-electron chi connectivity index (χ3n) is 4.15. The van der Waals surface area contributed by atoms with Crippen LogP contribution >= 0.6 is 23.2 Å². The van der Waals surface area contributed by atoms with Gasteiger partial charge >= 0.3 is 0 Å². The number of carbonyl (C=O) groups is 1. The molecule has 0 aliphatic rings. The fraction of sp³-hybridized carbons (Fsp3) is 0.250. The Bertz CT molecular complexity index is 897. The van der Waals surface area contributed by atoms with Crippen molar-refractivity contribution in [2.24, 2.45) is 0 Å². The van der Waals surface area contributed by atoms with Crippen LogP contribution in [0, 0.1) is 0 Å². The van der Waals surface area contributed by atoms with E-state index in [0.717, 1.165) is 29.5 Å². The highest BCUT2D eigenvalue weighted by Gasteiger charge is 2.05. The molecule has 1 N–H and O–H groups in total. The summed E-state index contributed by atoms with van der Waals surface area (Å²) in [6.45, 7) is 1.17. The van der Waals surface area contributed by atoms with E-state index in [1.54, 1.807) is 17.1 Å². The van der Waals surface area contributed by atoms with E-state index in [1.807, 2.05) is 30.3 Å². The summed E-state index contributed by atoms with van der Waals surface area (Å²) in [6, 6.07) is 13.7. The van der Waals surface area contributed by atoms with Crippen molar-refractivity contribution in [3.63, 3.8) is 0 Å². The molecule has 0 fully saturated rings. The van der Waals surface area contributed by atoms with Crippen molar-refractivity contribution >= 4 is 29.1 Å². The Morgan fingerprint density at radius 2 is 1.89 bits per heavy atom. The third-order valence-corrected chi connectivity index (χ3v) is 4.88. The van der Waals surface area contributed by atoms with Crippen LogP contribution in [-0.4, -0.2) is 20.7 Å². The molecule has 3 rings (SSSR count). The van der Waals surface area contributed by atoms with Gasteiger partial charge < -0.3 is 5.32 Å². The number of aryl methyl sites for hydroxylation is 1.